The van der Waals surface area contributed by atoms with Crippen molar-refractivity contribution in [3.05, 3.63) is 39.9 Å². The van der Waals surface area contributed by atoms with Gasteiger partial charge in [0.15, 0.2) is 0 Å². The van der Waals surface area contributed by atoms with Crippen LogP contribution in [-0.2, 0) is 11.8 Å². The Morgan fingerprint density at radius 2 is 2.38 bits per heavy atom. The van der Waals surface area contributed by atoms with Gasteiger partial charge in [0.25, 0.3) is 11.5 Å². The topological polar surface area (TPSA) is 98.2 Å². The third-order valence-corrected chi connectivity index (χ3v) is 4.09. The first kappa shape index (κ1) is 16.3. The third kappa shape index (κ3) is 3.18. The molecule has 24 heavy (non-hydrogen) atoms. The van der Waals surface area contributed by atoms with Gasteiger partial charge in [0.1, 0.15) is 17.1 Å². The van der Waals surface area contributed by atoms with Crippen molar-refractivity contribution in [1.82, 2.24) is 14.8 Å². The van der Waals surface area contributed by atoms with Crippen LogP contribution in [0.3, 0.4) is 0 Å². The molecule has 3 heterocycles. The zero-order valence-electron chi connectivity index (χ0n) is 13.7. The van der Waals surface area contributed by atoms with E-state index in [0.717, 1.165) is 25.1 Å². The van der Waals surface area contributed by atoms with Crippen molar-refractivity contribution in [3.63, 3.8) is 0 Å². The standard InChI is InChI=1S/C16H20N4O4/c1-20-13(8-11(19-20)10-4-3-7-24-9-10)18-16(22)14-12(23-2)5-6-17-15(14)21/h5-6,8,10H,3-4,7,9H2,1-2H3,(H,17,21)(H,18,22). The molecule has 8 nitrogen and oxygen atoms in total. The summed E-state index contributed by atoms with van der Waals surface area (Å²) in [6.45, 7) is 1.42. The number of nitrogens with one attached hydrogen (secondary N) is 2. The van der Waals surface area contributed by atoms with Crippen LogP contribution in [-0.4, -0.2) is 41.0 Å². The second kappa shape index (κ2) is 6.88. The van der Waals surface area contributed by atoms with Gasteiger partial charge < -0.3 is 19.8 Å². The summed E-state index contributed by atoms with van der Waals surface area (Å²) < 4.78 is 12.2. The molecule has 1 amide bonds. The maximum absolute atomic E-state index is 12.5. The molecular formula is C16H20N4O4. The number of amides is 1. The number of pyridine rings is 1. The van der Waals surface area contributed by atoms with E-state index in [1.54, 1.807) is 11.7 Å². The van der Waals surface area contributed by atoms with Crippen molar-refractivity contribution in [2.45, 2.75) is 18.8 Å². The number of hydrogen-bond donors (Lipinski definition) is 2. The Morgan fingerprint density at radius 1 is 1.54 bits per heavy atom. The van der Waals surface area contributed by atoms with Gasteiger partial charge in [0.05, 0.1) is 19.4 Å². The number of aryl methyl sites for hydroxylation is 1. The van der Waals surface area contributed by atoms with E-state index in [2.05, 4.69) is 15.4 Å². The summed E-state index contributed by atoms with van der Waals surface area (Å²) in [5.74, 6) is 0.429. The maximum atomic E-state index is 12.5. The van der Waals surface area contributed by atoms with Crippen LogP contribution in [0.5, 0.6) is 5.75 Å². The molecule has 1 fully saturated rings. The highest BCUT2D eigenvalue weighted by Gasteiger charge is 2.22. The average molecular weight is 332 g/mol. The Morgan fingerprint density at radius 3 is 3.08 bits per heavy atom. The van der Waals surface area contributed by atoms with E-state index in [1.807, 2.05) is 6.07 Å². The minimum atomic E-state index is -0.539. The monoisotopic (exact) mass is 332 g/mol. The van der Waals surface area contributed by atoms with Crippen molar-refractivity contribution >= 4 is 11.7 Å². The Bertz CT molecular complexity index is 790. The highest BCUT2D eigenvalue weighted by atomic mass is 16.5. The van der Waals surface area contributed by atoms with Crippen LogP contribution in [0.15, 0.2) is 23.1 Å². The number of rotatable bonds is 4. The van der Waals surface area contributed by atoms with Gasteiger partial charge in [-0.25, -0.2) is 0 Å². The lowest BCUT2D eigenvalue weighted by molar-refractivity contribution is 0.0791. The van der Waals surface area contributed by atoms with Crippen LogP contribution in [0.4, 0.5) is 5.82 Å². The van der Waals surface area contributed by atoms with Crippen LogP contribution in [0, 0.1) is 0 Å². The normalized spacial score (nSPS) is 17.5. The minimum absolute atomic E-state index is 0.0660. The molecule has 8 heteroatoms. The van der Waals surface area contributed by atoms with Crippen molar-refractivity contribution in [3.8, 4) is 5.75 Å². The van der Waals surface area contributed by atoms with Gasteiger partial charge in [-0.15, -0.1) is 0 Å². The Balaban J connectivity index is 1.82. The molecule has 3 rings (SSSR count). The molecule has 0 spiro atoms. The summed E-state index contributed by atoms with van der Waals surface area (Å²) in [5, 5.41) is 7.17. The van der Waals surface area contributed by atoms with E-state index in [4.69, 9.17) is 9.47 Å². The molecule has 1 atom stereocenters. The fourth-order valence-electron chi connectivity index (χ4n) is 2.80. The first-order valence-corrected chi connectivity index (χ1v) is 7.79. The van der Waals surface area contributed by atoms with Gasteiger partial charge in [-0.05, 0) is 18.9 Å². The number of carbonyl (C=O) groups excluding carboxylic acids is 1. The van der Waals surface area contributed by atoms with Gasteiger partial charge in [-0.1, -0.05) is 0 Å². The second-order valence-electron chi connectivity index (χ2n) is 5.70. The third-order valence-electron chi connectivity index (χ3n) is 4.09. The van der Waals surface area contributed by atoms with Crippen LogP contribution in [0.25, 0.3) is 0 Å². The molecular weight excluding hydrogens is 312 g/mol. The summed E-state index contributed by atoms with van der Waals surface area (Å²) in [6.07, 6.45) is 3.44. The molecule has 2 N–H and O–H groups in total. The number of anilines is 1. The largest absolute Gasteiger partial charge is 0.496 e. The summed E-state index contributed by atoms with van der Waals surface area (Å²) in [7, 11) is 3.16. The number of H-pyrrole nitrogens is 1. The van der Waals surface area contributed by atoms with Gasteiger partial charge in [0, 0.05) is 31.8 Å². The molecule has 0 radical (unpaired) electrons. The number of methoxy groups -OCH3 is 1. The lowest BCUT2D eigenvalue weighted by Crippen LogP contribution is -2.24. The number of nitrogens with zero attached hydrogens (tertiary/aromatic N) is 2. The summed E-state index contributed by atoms with van der Waals surface area (Å²) in [4.78, 5) is 26.9. The number of aromatic amines is 1. The highest BCUT2D eigenvalue weighted by molar-refractivity contribution is 6.05. The van der Waals surface area contributed by atoms with Gasteiger partial charge >= 0.3 is 0 Å². The predicted octanol–water partition coefficient (Wildman–Crippen LogP) is 1.26. The van der Waals surface area contributed by atoms with Crippen molar-refractivity contribution < 1.29 is 14.3 Å². The molecule has 1 saturated heterocycles. The zero-order valence-corrected chi connectivity index (χ0v) is 13.7. The lowest BCUT2D eigenvalue weighted by atomic mass is 9.99. The molecule has 2 aromatic rings. The second-order valence-corrected chi connectivity index (χ2v) is 5.70. The van der Waals surface area contributed by atoms with Gasteiger partial charge in [-0.3, -0.25) is 14.3 Å². The first-order chi connectivity index (χ1) is 11.6. The summed E-state index contributed by atoms with van der Waals surface area (Å²) in [6, 6.07) is 3.35. The van der Waals surface area contributed by atoms with Gasteiger partial charge in [0.2, 0.25) is 0 Å². The van der Waals surface area contributed by atoms with E-state index in [0.29, 0.717) is 12.4 Å². The van der Waals surface area contributed by atoms with E-state index < -0.39 is 11.5 Å². The maximum Gasteiger partial charge on any atom is 0.266 e. The van der Waals surface area contributed by atoms with Crippen molar-refractivity contribution in [2.75, 3.05) is 25.6 Å². The summed E-state index contributed by atoms with van der Waals surface area (Å²) >= 11 is 0. The van der Waals surface area contributed by atoms with Gasteiger partial charge in [-0.2, -0.15) is 5.10 Å². The quantitative estimate of drug-likeness (QED) is 0.878. The molecule has 1 unspecified atom stereocenters. The predicted molar refractivity (Wildman–Crippen MR) is 87.6 cm³/mol. The molecule has 128 valence electrons. The fourth-order valence-corrected chi connectivity index (χ4v) is 2.80. The highest BCUT2D eigenvalue weighted by Crippen LogP contribution is 2.26. The fraction of sp³-hybridized carbons (Fsp3) is 0.438. The number of aromatic nitrogens is 3. The van der Waals surface area contributed by atoms with E-state index in [1.165, 1.54) is 19.4 Å². The average Bonchev–Trinajstić information content (AvgIpc) is 2.96. The van der Waals surface area contributed by atoms with Crippen LogP contribution >= 0.6 is 0 Å². The summed E-state index contributed by atoms with van der Waals surface area (Å²) in [5.41, 5.74) is 0.306. The van der Waals surface area contributed by atoms with Crippen LogP contribution in [0.2, 0.25) is 0 Å². The van der Waals surface area contributed by atoms with Crippen molar-refractivity contribution in [1.29, 1.82) is 0 Å². The van der Waals surface area contributed by atoms with E-state index in [-0.39, 0.29) is 17.2 Å². The number of carbonyl (C=O) groups is 1. The zero-order chi connectivity index (χ0) is 17.1. The molecule has 0 saturated carbocycles. The molecule has 1 aliphatic heterocycles. The van der Waals surface area contributed by atoms with Crippen LogP contribution in [0.1, 0.15) is 34.8 Å². The number of ether oxygens (including phenoxy) is 2. The van der Waals surface area contributed by atoms with Crippen LogP contribution < -0.4 is 15.6 Å². The van der Waals surface area contributed by atoms with E-state index in [9.17, 15) is 9.59 Å². The smallest absolute Gasteiger partial charge is 0.266 e. The molecule has 1 aliphatic rings. The molecule has 0 aromatic carbocycles. The number of hydrogen-bond acceptors (Lipinski definition) is 5. The van der Waals surface area contributed by atoms with E-state index >= 15 is 0 Å². The Labute approximate surface area is 138 Å². The minimum Gasteiger partial charge on any atom is -0.496 e. The lowest BCUT2D eigenvalue weighted by Gasteiger charge is -2.19. The molecule has 0 bridgehead atoms. The molecule has 0 aliphatic carbocycles. The Hall–Kier alpha value is -2.61. The first-order valence-electron chi connectivity index (χ1n) is 7.79. The van der Waals surface area contributed by atoms with Crippen molar-refractivity contribution in [2.24, 2.45) is 7.05 Å². The molecule has 2 aromatic heterocycles. The Kier molecular flexibility index (Phi) is 4.66. The SMILES string of the molecule is COc1cc[nH]c(=O)c1C(=O)Nc1cc(C2CCCOC2)nn1C.